The Balaban J connectivity index is 1.23. The number of carbonyl (C=O) groups is 1. The van der Waals surface area contributed by atoms with Gasteiger partial charge in [0.15, 0.2) is 0 Å². The van der Waals surface area contributed by atoms with E-state index in [4.69, 9.17) is 0 Å². The maximum atomic E-state index is 12.1. The Morgan fingerprint density at radius 1 is 1.27 bits per heavy atom. The van der Waals surface area contributed by atoms with Crippen molar-refractivity contribution >= 4 is 17.2 Å². The second kappa shape index (κ2) is 6.74. The van der Waals surface area contributed by atoms with Gasteiger partial charge in [-0.15, -0.1) is 16.4 Å². The summed E-state index contributed by atoms with van der Waals surface area (Å²) < 4.78 is 1.94. The van der Waals surface area contributed by atoms with Crippen molar-refractivity contribution in [2.45, 2.75) is 69.7 Å². The fourth-order valence-corrected chi connectivity index (χ4v) is 5.39. The molecule has 3 aliphatic rings. The molecular formula is C18H25N6OS+. The second-order valence-electron chi connectivity index (χ2n) is 8.01. The van der Waals surface area contributed by atoms with Crippen molar-refractivity contribution in [3.63, 3.8) is 0 Å². The number of fused-ring (bicyclic) bond motifs is 2. The highest BCUT2D eigenvalue weighted by Crippen LogP contribution is 2.30. The Bertz CT molecular complexity index is 757. The van der Waals surface area contributed by atoms with Crippen molar-refractivity contribution < 1.29 is 9.69 Å². The van der Waals surface area contributed by atoms with Crippen LogP contribution in [0.5, 0.6) is 0 Å². The van der Waals surface area contributed by atoms with E-state index in [2.05, 4.69) is 38.4 Å². The predicted molar refractivity (Wildman–Crippen MR) is 96.6 cm³/mol. The lowest BCUT2D eigenvalue weighted by Gasteiger charge is -2.36. The van der Waals surface area contributed by atoms with Crippen LogP contribution in [-0.4, -0.2) is 44.2 Å². The average Bonchev–Trinajstić information content (AvgIpc) is 3.12. The Labute approximate surface area is 156 Å². The summed E-state index contributed by atoms with van der Waals surface area (Å²) in [6.07, 6.45) is 6.85. The van der Waals surface area contributed by atoms with Crippen molar-refractivity contribution in [1.29, 1.82) is 0 Å². The van der Waals surface area contributed by atoms with Gasteiger partial charge in [0.1, 0.15) is 6.54 Å². The zero-order valence-corrected chi connectivity index (χ0v) is 15.6. The number of nitrogens with zero attached hydrogens (tertiary/aromatic N) is 4. The lowest BCUT2D eigenvalue weighted by atomic mass is 9.97. The summed E-state index contributed by atoms with van der Waals surface area (Å²) in [6, 6.07) is 5.79. The molecule has 4 atom stereocenters. The average molecular weight is 374 g/mol. The number of quaternary nitrogens is 1. The SMILES string of the molecule is O=C(NC1C[C@H]2CC[C@@H](C1)[NH+]2Cc1nnnn1Cc1cccs1)C1CC1. The highest BCUT2D eigenvalue weighted by molar-refractivity contribution is 7.09. The molecule has 26 heavy (non-hydrogen) atoms. The number of piperidine rings is 1. The minimum absolute atomic E-state index is 0.290. The summed E-state index contributed by atoms with van der Waals surface area (Å²) in [5, 5.41) is 17.8. The van der Waals surface area contributed by atoms with Crippen LogP contribution in [0.15, 0.2) is 17.5 Å². The normalized spacial score (nSPS) is 30.5. The molecule has 5 rings (SSSR count). The summed E-state index contributed by atoms with van der Waals surface area (Å²) in [6.45, 7) is 1.64. The number of hydrogen-bond donors (Lipinski definition) is 2. The Morgan fingerprint density at radius 3 is 2.77 bits per heavy atom. The van der Waals surface area contributed by atoms with Crippen LogP contribution in [0, 0.1) is 5.92 Å². The van der Waals surface area contributed by atoms with Gasteiger partial charge in [0.05, 0.1) is 18.6 Å². The van der Waals surface area contributed by atoms with Gasteiger partial charge >= 0.3 is 0 Å². The first kappa shape index (κ1) is 16.4. The maximum absolute atomic E-state index is 12.1. The van der Waals surface area contributed by atoms with Crippen LogP contribution in [0.2, 0.25) is 0 Å². The first-order chi connectivity index (χ1) is 12.8. The fourth-order valence-electron chi connectivity index (χ4n) is 4.70. The molecule has 0 spiro atoms. The van der Waals surface area contributed by atoms with Crippen LogP contribution in [0.4, 0.5) is 0 Å². The number of aromatic nitrogens is 4. The van der Waals surface area contributed by atoms with E-state index in [1.54, 1.807) is 16.2 Å². The molecule has 3 fully saturated rings. The standard InChI is InChI=1S/C18H24N6OS/c25-18(12-3-4-12)19-13-8-14-5-6-15(9-13)23(14)11-17-20-21-22-24(17)10-16-2-1-7-26-16/h1-2,7,12-15H,3-6,8-11H2,(H,19,25)/p+1/t13?,14-,15+. The topological polar surface area (TPSA) is 77.1 Å². The van der Waals surface area contributed by atoms with E-state index in [9.17, 15) is 4.79 Å². The second-order valence-corrected chi connectivity index (χ2v) is 9.04. The number of hydrogen-bond acceptors (Lipinski definition) is 5. The zero-order chi connectivity index (χ0) is 17.5. The molecule has 4 heterocycles. The third kappa shape index (κ3) is 3.27. The monoisotopic (exact) mass is 373 g/mol. The Hall–Kier alpha value is -1.80. The van der Waals surface area contributed by atoms with Gasteiger partial charge in [0.25, 0.3) is 0 Å². The van der Waals surface area contributed by atoms with Crippen LogP contribution in [0.1, 0.15) is 49.2 Å². The van der Waals surface area contributed by atoms with Crippen molar-refractivity contribution in [3.8, 4) is 0 Å². The van der Waals surface area contributed by atoms with Gasteiger partial charge in [-0.1, -0.05) is 6.07 Å². The quantitative estimate of drug-likeness (QED) is 0.768. The highest BCUT2D eigenvalue weighted by Gasteiger charge is 2.46. The van der Waals surface area contributed by atoms with Crippen molar-refractivity contribution in [1.82, 2.24) is 25.5 Å². The first-order valence-corrected chi connectivity index (χ1v) is 10.6. The van der Waals surface area contributed by atoms with E-state index in [0.29, 0.717) is 24.0 Å². The van der Waals surface area contributed by atoms with E-state index in [1.165, 1.54) is 17.7 Å². The Kier molecular flexibility index (Phi) is 4.24. The molecule has 0 radical (unpaired) electrons. The van der Waals surface area contributed by atoms with E-state index in [0.717, 1.165) is 44.6 Å². The first-order valence-electron chi connectivity index (χ1n) is 9.69. The van der Waals surface area contributed by atoms with Crippen LogP contribution in [0.3, 0.4) is 0 Å². The number of thiophene rings is 1. The molecule has 1 aliphatic carbocycles. The third-order valence-electron chi connectivity index (χ3n) is 6.20. The van der Waals surface area contributed by atoms with Crippen molar-refractivity contribution in [3.05, 3.63) is 28.2 Å². The number of rotatable bonds is 6. The zero-order valence-electron chi connectivity index (χ0n) is 14.8. The van der Waals surface area contributed by atoms with Crippen LogP contribution >= 0.6 is 11.3 Å². The van der Waals surface area contributed by atoms with Gasteiger partial charge in [-0.3, -0.25) is 4.79 Å². The van der Waals surface area contributed by atoms with Gasteiger partial charge in [-0.05, 0) is 34.7 Å². The lowest BCUT2D eigenvalue weighted by molar-refractivity contribution is -0.955. The predicted octanol–water partition coefficient (Wildman–Crippen LogP) is 0.387. The van der Waals surface area contributed by atoms with Crippen LogP contribution < -0.4 is 10.2 Å². The van der Waals surface area contributed by atoms with Gasteiger partial charge < -0.3 is 10.2 Å². The number of tetrazole rings is 1. The third-order valence-corrected chi connectivity index (χ3v) is 7.06. The van der Waals surface area contributed by atoms with Gasteiger partial charge in [-0.2, -0.15) is 0 Å². The number of carbonyl (C=O) groups excluding carboxylic acids is 1. The molecule has 2 saturated heterocycles. The van der Waals surface area contributed by atoms with Gasteiger partial charge in [-0.25, -0.2) is 4.68 Å². The molecule has 0 aromatic carbocycles. The smallest absolute Gasteiger partial charge is 0.223 e. The fraction of sp³-hybridized carbons (Fsp3) is 0.667. The molecule has 1 saturated carbocycles. The summed E-state index contributed by atoms with van der Waals surface area (Å²) in [4.78, 5) is 15.0. The summed E-state index contributed by atoms with van der Waals surface area (Å²) >= 11 is 1.74. The van der Waals surface area contributed by atoms with Gasteiger partial charge in [0.2, 0.25) is 11.7 Å². The van der Waals surface area contributed by atoms with E-state index in [1.807, 2.05) is 4.68 Å². The Morgan fingerprint density at radius 2 is 2.08 bits per heavy atom. The minimum atomic E-state index is 0.290. The molecule has 2 aromatic heterocycles. The minimum Gasteiger partial charge on any atom is -0.353 e. The van der Waals surface area contributed by atoms with Crippen molar-refractivity contribution in [2.24, 2.45) is 5.92 Å². The summed E-state index contributed by atoms with van der Waals surface area (Å²) in [5.41, 5.74) is 0. The largest absolute Gasteiger partial charge is 0.353 e. The lowest BCUT2D eigenvalue weighted by Crippen LogP contribution is -3.17. The molecule has 2 aromatic rings. The molecule has 8 heteroatoms. The molecule has 2 unspecified atom stereocenters. The van der Waals surface area contributed by atoms with Gasteiger partial charge in [0, 0.05) is 42.5 Å². The molecule has 2 N–H and O–H groups in total. The van der Waals surface area contributed by atoms with E-state index < -0.39 is 0 Å². The highest BCUT2D eigenvalue weighted by atomic mass is 32.1. The summed E-state index contributed by atoms with van der Waals surface area (Å²) in [5.74, 6) is 1.57. The molecule has 7 nitrogen and oxygen atoms in total. The van der Waals surface area contributed by atoms with Crippen molar-refractivity contribution in [2.75, 3.05) is 0 Å². The summed E-state index contributed by atoms with van der Waals surface area (Å²) in [7, 11) is 0. The number of amides is 1. The number of nitrogens with one attached hydrogen (secondary N) is 2. The molecule has 2 aliphatic heterocycles. The van der Waals surface area contributed by atoms with Crippen LogP contribution in [0.25, 0.3) is 0 Å². The van der Waals surface area contributed by atoms with E-state index >= 15 is 0 Å². The van der Waals surface area contributed by atoms with Crippen LogP contribution in [-0.2, 0) is 17.9 Å². The van der Waals surface area contributed by atoms with E-state index in [-0.39, 0.29) is 5.91 Å². The molecular weight excluding hydrogens is 348 g/mol. The molecule has 2 bridgehead atoms. The molecule has 1 amide bonds. The molecule has 138 valence electrons. The maximum Gasteiger partial charge on any atom is 0.223 e.